The smallest absolute Gasteiger partial charge is 0.335 e. The third-order valence-electron chi connectivity index (χ3n) is 4.03. The number of carbonyl (C=O) groups excluding carboxylic acids is 1. The van der Waals surface area contributed by atoms with E-state index in [0.717, 1.165) is 5.56 Å². The number of sulfonamides is 1. The normalized spacial score (nSPS) is 13.4. The summed E-state index contributed by atoms with van der Waals surface area (Å²) in [6, 6.07) is 10.1. The van der Waals surface area contributed by atoms with Crippen molar-refractivity contribution in [1.82, 2.24) is 0 Å². The van der Waals surface area contributed by atoms with Crippen molar-refractivity contribution in [2.45, 2.75) is 18.2 Å². The Kier molecular flexibility index (Phi) is 4.22. The van der Waals surface area contributed by atoms with Crippen LogP contribution in [0.3, 0.4) is 0 Å². The average molecular weight is 360 g/mol. The van der Waals surface area contributed by atoms with Crippen LogP contribution in [0.25, 0.3) is 0 Å². The SMILES string of the molecule is CC(=O)N1CCc2ccc(S(=O)(=O)Nc3ccc(C(=O)O)cc3)cc21. The number of amides is 1. The molecule has 7 nitrogen and oxygen atoms in total. The highest BCUT2D eigenvalue weighted by Gasteiger charge is 2.25. The Hall–Kier alpha value is -2.87. The molecule has 0 bridgehead atoms. The minimum absolute atomic E-state index is 0.0433. The molecule has 8 heteroatoms. The number of aromatic carboxylic acids is 1. The molecule has 0 spiro atoms. The third kappa shape index (κ3) is 3.34. The lowest BCUT2D eigenvalue weighted by atomic mass is 10.2. The number of nitrogens with zero attached hydrogens (tertiary/aromatic N) is 1. The third-order valence-corrected chi connectivity index (χ3v) is 5.41. The number of nitrogens with one attached hydrogen (secondary N) is 1. The van der Waals surface area contributed by atoms with Gasteiger partial charge in [0.2, 0.25) is 5.91 Å². The van der Waals surface area contributed by atoms with Crippen LogP contribution in [0.5, 0.6) is 0 Å². The molecule has 2 aromatic rings. The highest BCUT2D eigenvalue weighted by molar-refractivity contribution is 7.92. The number of hydrogen-bond acceptors (Lipinski definition) is 4. The first-order chi connectivity index (χ1) is 11.8. The fraction of sp³-hybridized carbons (Fsp3) is 0.176. The maximum absolute atomic E-state index is 12.6. The molecule has 1 amide bonds. The average Bonchev–Trinajstić information content (AvgIpc) is 2.98. The summed E-state index contributed by atoms with van der Waals surface area (Å²) in [6.45, 7) is 1.98. The lowest BCUT2D eigenvalue weighted by molar-refractivity contribution is -0.116. The minimum Gasteiger partial charge on any atom is -0.478 e. The van der Waals surface area contributed by atoms with E-state index in [2.05, 4.69) is 4.72 Å². The molecule has 25 heavy (non-hydrogen) atoms. The van der Waals surface area contributed by atoms with E-state index < -0.39 is 16.0 Å². The van der Waals surface area contributed by atoms with Crippen LogP contribution >= 0.6 is 0 Å². The van der Waals surface area contributed by atoms with Gasteiger partial charge in [-0.2, -0.15) is 0 Å². The fourth-order valence-electron chi connectivity index (χ4n) is 2.75. The van der Waals surface area contributed by atoms with E-state index in [4.69, 9.17) is 5.11 Å². The maximum atomic E-state index is 12.6. The van der Waals surface area contributed by atoms with Crippen molar-refractivity contribution in [2.24, 2.45) is 0 Å². The summed E-state index contributed by atoms with van der Waals surface area (Å²) in [5.74, 6) is -1.22. The first kappa shape index (κ1) is 17.0. The van der Waals surface area contributed by atoms with Crippen LogP contribution in [0, 0.1) is 0 Å². The highest BCUT2D eigenvalue weighted by atomic mass is 32.2. The van der Waals surface area contributed by atoms with E-state index in [0.29, 0.717) is 18.7 Å². The zero-order chi connectivity index (χ0) is 18.2. The molecule has 1 aliphatic heterocycles. The monoisotopic (exact) mass is 360 g/mol. The molecule has 1 aliphatic rings. The summed E-state index contributed by atoms with van der Waals surface area (Å²) in [4.78, 5) is 24.1. The van der Waals surface area contributed by atoms with Gasteiger partial charge in [-0.3, -0.25) is 9.52 Å². The Labute approximate surface area is 144 Å². The van der Waals surface area contributed by atoms with E-state index in [1.165, 1.54) is 43.3 Å². The van der Waals surface area contributed by atoms with Gasteiger partial charge in [0.05, 0.1) is 10.5 Å². The van der Waals surface area contributed by atoms with Crippen molar-refractivity contribution in [3.63, 3.8) is 0 Å². The van der Waals surface area contributed by atoms with Crippen molar-refractivity contribution in [3.8, 4) is 0 Å². The Morgan fingerprint density at radius 1 is 1.12 bits per heavy atom. The second-order valence-corrected chi connectivity index (χ2v) is 7.38. The van der Waals surface area contributed by atoms with Crippen molar-refractivity contribution >= 4 is 33.3 Å². The molecule has 0 saturated heterocycles. The minimum atomic E-state index is -3.85. The lowest BCUT2D eigenvalue weighted by Crippen LogP contribution is -2.26. The molecule has 1 heterocycles. The number of carboxylic acids is 1. The molecule has 130 valence electrons. The van der Waals surface area contributed by atoms with Gasteiger partial charge in [0.25, 0.3) is 10.0 Å². The van der Waals surface area contributed by atoms with Crippen LogP contribution in [-0.2, 0) is 21.2 Å². The van der Waals surface area contributed by atoms with Gasteiger partial charge in [0, 0.05) is 24.8 Å². The van der Waals surface area contributed by atoms with Gasteiger partial charge >= 0.3 is 5.97 Å². The van der Waals surface area contributed by atoms with Crippen LogP contribution < -0.4 is 9.62 Å². The second-order valence-electron chi connectivity index (χ2n) is 5.70. The number of anilines is 2. The van der Waals surface area contributed by atoms with Crippen LogP contribution in [0.2, 0.25) is 0 Å². The molecule has 0 aliphatic carbocycles. The van der Waals surface area contributed by atoms with Gasteiger partial charge in [-0.1, -0.05) is 6.07 Å². The first-order valence-electron chi connectivity index (χ1n) is 7.55. The molecule has 0 saturated carbocycles. The number of hydrogen-bond donors (Lipinski definition) is 2. The van der Waals surface area contributed by atoms with Crippen molar-refractivity contribution in [1.29, 1.82) is 0 Å². The van der Waals surface area contributed by atoms with Gasteiger partial charge in [0.1, 0.15) is 0 Å². The summed E-state index contributed by atoms with van der Waals surface area (Å²) in [5.41, 5.74) is 1.86. The fourth-order valence-corrected chi connectivity index (χ4v) is 3.83. The van der Waals surface area contributed by atoms with E-state index in [1.54, 1.807) is 11.0 Å². The molecule has 0 atom stereocenters. The summed E-state index contributed by atoms with van der Waals surface area (Å²) in [5, 5.41) is 8.87. The van der Waals surface area contributed by atoms with E-state index >= 15 is 0 Å². The zero-order valence-electron chi connectivity index (χ0n) is 13.4. The van der Waals surface area contributed by atoms with Crippen LogP contribution in [0.1, 0.15) is 22.8 Å². The number of fused-ring (bicyclic) bond motifs is 1. The molecule has 0 unspecified atom stereocenters. The summed E-state index contributed by atoms with van der Waals surface area (Å²) >= 11 is 0. The van der Waals surface area contributed by atoms with Gasteiger partial charge in [-0.05, 0) is 48.4 Å². The molecule has 0 fully saturated rings. The zero-order valence-corrected chi connectivity index (χ0v) is 14.2. The standard InChI is InChI=1S/C17H16N2O5S/c1-11(20)19-9-8-12-4-7-15(10-16(12)19)25(23,24)18-14-5-2-13(3-6-14)17(21)22/h2-7,10,18H,8-9H2,1H3,(H,21,22). The molecule has 2 aromatic carbocycles. The number of carboxylic acid groups (broad SMARTS) is 1. The van der Waals surface area contributed by atoms with Crippen molar-refractivity contribution in [2.75, 3.05) is 16.2 Å². The number of rotatable bonds is 4. The molecule has 0 radical (unpaired) electrons. The quantitative estimate of drug-likeness (QED) is 0.869. The highest BCUT2D eigenvalue weighted by Crippen LogP contribution is 2.31. The molecule has 3 rings (SSSR count). The van der Waals surface area contributed by atoms with Crippen molar-refractivity contribution in [3.05, 3.63) is 53.6 Å². The van der Waals surface area contributed by atoms with Crippen LogP contribution in [0.15, 0.2) is 47.4 Å². The Morgan fingerprint density at radius 3 is 2.40 bits per heavy atom. The topological polar surface area (TPSA) is 104 Å². The first-order valence-corrected chi connectivity index (χ1v) is 9.03. The Morgan fingerprint density at radius 2 is 1.80 bits per heavy atom. The van der Waals surface area contributed by atoms with Crippen LogP contribution in [0.4, 0.5) is 11.4 Å². The number of carbonyl (C=O) groups is 2. The van der Waals surface area contributed by atoms with E-state index in [1.807, 2.05) is 0 Å². The predicted molar refractivity (Wildman–Crippen MR) is 92.4 cm³/mol. The Balaban J connectivity index is 1.89. The van der Waals surface area contributed by atoms with Gasteiger partial charge in [-0.25, -0.2) is 13.2 Å². The van der Waals surface area contributed by atoms with Gasteiger partial charge < -0.3 is 10.0 Å². The summed E-state index contributed by atoms with van der Waals surface area (Å²) in [7, 11) is -3.85. The summed E-state index contributed by atoms with van der Waals surface area (Å²) < 4.78 is 27.5. The number of benzene rings is 2. The Bertz CT molecular complexity index is 952. The largest absolute Gasteiger partial charge is 0.478 e. The van der Waals surface area contributed by atoms with Gasteiger partial charge in [0.15, 0.2) is 0 Å². The van der Waals surface area contributed by atoms with Gasteiger partial charge in [-0.15, -0.1) is 0 Å². The van der Waals surface area contributed by atoms with E-state index in [-0.39, 0.29) is 22.1 Å². The maximum Gasteiger partial charge on any atom is 0.335 e. The molecule has 2 N–H and O–H groups in total. The van der Waals surface area contributed by atoms with E-state index in [9.17, 15) is 18.0 Å². The molecular formula is C17H16N2O5S. The summed E-state index contributed by atoms with van der Waals surface area (Å²) in [6.07, 6.45) is 0.694. The molecule has 0 aromatic heterocycles. The molecular weight excluding hydrogens is 344 g/mol. The van der Waals surface area contributed by atoms with Crippen molar-refractivity contribution < 1.29 is 23.1 Å². The lowest BCUT2D eigenvalue weighted by Gasteiger charge is -2.16. The predicted octanol–water partition coefficient (Wildman–Crippen LogP) is 2.09. The second kappa shape index (κ2) is 6.21. The van der Waals surface area contributed by atoms with Crippen LogP contribution in [-0.4, -0.2) is 31.9 Å².